The zero-order chi connectivity index (χ0) is 31.7. The number of likely N-dealkylation sites (tertiary alicyclic amines) is 1. The van der Waals surface area contributed by atoms with Crippen molar-refractivity contribution in [3.05, 3.63) is 53.1 Å². The summed E-state index contributed by atoms with van der Waals surface area (Å²) in [5.74, 6) is -2.32. The smallest absolute Gasteiger partial charge is 0.406 e. The summed E-state index contributed by atoms with van der Waals surface area (Å²) in [7, 11) is -1.70. The molecule has 2 amide bonds. The number of amides is 2. The van der Waals surface area contributed by atoms with E-state index in [9.17, 15) is 31.2 Å². The molecule has 1 saturated heterocycles. The van der Waals surface area contributed by atoms with Gasteiger partial charge in [-0.15, -0.1) is 13.2 Å². The molecule has 2 aromatic rings. The lowest BCUT2D eigenvalue weighted by atomic mass is 9.81. The highest BCUT2D eigenvalue weighted by molar-refractivity contribution is 7.91. The molecule has 2 aliphatic rings. The minimum absolute atomic E-state index is 0.0746. The summed E-state index contributed by atoms with van der Waals surface area (Å²) in [4.78, 5) is 30.6. The average molecular weight is 645 g/mol. The number of nitrogens with one attached hydrogen (secondary N) is 1. The van der Waals surface area contributed by atoms with Crippen molar-refractivity contribution in [3.63, 3.8) is 0 Å². The molecule has 1 aliphatic heterocycles. The lowest BCUT2D eigenvalue weighted by molar-refractivity contribution is -0.274. The normalized spacial score (nSPS) is 23.2. The molecule has 9 nitrogen and oxygen atoms in total. The van der Waals surface area contributed by atoms with E-state index in [0.717, 1.165) is 24.6 Å². The fourth-order valence-corrected chi connectivity index (χ4v) is 7.75. The first-order valence-electron chi connectivity index (χ1n) is 14.0. The molecule has 1 heterocycles. The van der Waals surface area contributed by atoms with Crippen LogP contribution in [0.3, 0.4) is 0 Å². The number of nitrogen functional groups attached to an aromatic ring is 1. The molecule has 0 spiro atoms. The van der Waals surface area contributed by atoms with Crippen LogP contribution >= 0.6 is 11.6 Å². The summed E-state index contributed by atoms with van der Waals surface area (Å²) in [6, 6.07) is 8.05. The number of sulfone groups is 1. The van der Waals surface area contributed by atoms with Crippen molar-refractivity contribution in [2.24, 2.45) is 5.92 Å². The van der Waals surface area contributed by atoms with Crippen molar-refractivity contribution in [2.45, 2.75) is 75.0 Å². The van der Waals surface area contributed by atoms with Gasteiger partial charge in [-0.25, -0.2) is 8.42 Å². The lowest BCUT2D eigenvalue weighted by Crippen LogP contribution is -2.53. The number of carbonyl (C=O) groups excluding carboxylic acids is 2. The molecule has 1 saturated carbocycles. The lowest BCUT2D eigenvalue weighted by Gasteiger charge is -2.44. The molecule has 0 radical (unpaired) electrons. The summed E-state index contributed by atoms with van der Waals surface area (Å²) in [6.07, 6.45) is -2.79. The number of carbonyl (C=O) groups is 2. The maximum atomic E-state index is 13.6. The van der Waals surface area contributed by atoms with Gasteiger partial charge >= 0.3 is 6.36 Å². The van der Waals surface area contributed by atoms with Crippen LogP contribution < -0.4 is 15.8 Å². The highest BCUT2D eigenvalue weighted by Crippen LogP contribution is 2.36. The molecule has 2 aromatic carbocycles. The molecular weight excluding hydrogens is 609 g/mol. The minimum atomic E-state index is -4.95. The van der Waals surface area contributed by atoms with E-state index in [2.05, 4.69) is 28.8 Å². The van der Waals surface area contributed by atoms with Crippen LogP contribution in [0.4, 0.5) is 18.9 Å². The predicted octanol–water partition coefficient (Wildman–Crippen LogP) is 4.50. The fraction of sp³-hybridized carbons (Fsp3) is 0.517. The Morgan fingerprint density at radius 3 is 2.47 bits per heavy atom. The van der Waals surface area contributed by atoms with E-state index in [-0.39, 0.29) is 58.3 Å². The first-order valence-corrected chi connectivity index (χ1v) is 16.1. The van der Waals surface area contributed by atoms with E-state index in [4.69, 9.17) is 17.3 Å². The first-order chi connectivity index (χ1) is 20.1. The third-order valence-electron chi connectivity index (χ3n) is 8.36. The predicted molar refractivity (Wildman–Crippen MR) is 156 cm³/mol. The first kappa shape index (κ1) is 32.9. The molecule has 0 bridgehead atoms. The molecule has 0 aromatic heterocycles. The van der Waals surface area contributed by atoms with Gasteiger partial charge in [0, 0.05) is 35.4 Å². The summed E-state index contributed by atoms with van der Waals surface area (Å²) in [6.45, 7) is 4.43. The van der Waals surface area contributed by atoms with Gasteiger partial charge in [0.05, 0.1) is 16.2 Å². The second-order valence-corrected chi connectivity index (χ2v) is 13.9. The number of ether oxygens (including phenoxy) is 1. The third-order valence-corrected chi connectivity index (χ3v) is 10.5. The second kappa shape index (κ2) is 12.9. The van der Waals surface area contributed by atoms with Crippen molar-refractivity contribution < 1.29 is 35.9 Å². The van der Waals surface area contributed by atoms with E-state index in [1.165, 1.54) is 24.3 Å². The average Bonchev–Trinajstić information content (AvgIpc) is 3.27. The van der Waals surface area contributed by atoms with Gasteiger partial charge in [-0.3, -0.25) is 9.59 Å². The number of halogens is 4. The quantitative estimate of drug-likeness (QED) is 0.386. The molecule has 2 fully saturated rings. The molecule has 1 aliphatic carbocycles. The van der Waals surface area contributed by atoms with Crippen LogP contribution in [0.1, 0.15) is 49.9 Å². The zero-order valence-electron chi connectivity index (χ0n) is 24.1. The standard InChI is InChI=1S/C29H36ClF3N4O5S/c1-17(2)36(3)20-6-11-26(18(14-20)16-43(40,41)22-8-4-19(30)5-9-22)37-13-12-25(28(37)39)35-27(38)23-15-21(7-10-24(23)34)42-29(31,32)33/h4-5,7-10,15,17-18,20,25-26H,6,11-14,16,34H2,1-3H3,(H,35,38)/t18-,20?,25?,26?/m0/s1. The van der Waals surface area contributed by atoms with Gasteiger partial charge in [0.15, 0.2) is 9.84 Å². The van der Waals surface area contributed by atoms with Gasteiger partial charge < -0.3 is 25.6 Å². The summed E-state index contributed by atoms with van der Waals surface area (Å²) < 4.78 is 68.9. The summed E-state index contributed by atoms with van der Waals surface area (Å²) in [5, 5.41) is 3.02. The number of rotatable bonds is 9. The Morgan fingerprint density at radius 2 is 1.84 bits per heavy atom. The van der Waals surface area contributed by atoms with Crippen LogP contribution in [-0.2, 0) is 14.6 Å². The van der Waals surface area contributed by atoms with E-state index >= 15 is 0 Å². The van der Waals surface area contributed by atoms with Crippen LogP contribution in [0, 0.1) is 5.92 Å². The van der Waals surface area contributed by atoms with Crippen LogP contribution in [0.5, 0.6) is 5.75 Å². The molecule has 3 unspecified atom stereocenters. The molecular formula is C29H36ClF3N4O5S. The van der Waals surface area contributed by atoms with E-state index in [1.807, 2.05) is 7.05 Å². The van der Waals surface area contributed by atoms with Crippen LogP contribution in [0.25, 0.3) is 0 Å². The molecule has 14 heteroatoms. The van der Waals surface area contributed by atoms with E-state index in [1.54, 1.807) is 4.90 Å². The molecule has 236 valence electrons. The molecule has 4 atom stereocenters. The Labute approximate surface area is 254 Å². The van der Waals surface area contributed by atoms with E-state index < -0.39 is 33.9 Å². The molecule has 43 heavy (non-hydrogen) atoms. The van der Waals surface area contributed by atoms with Crippen LogP contribution in [0.15, 0.2) is 47.4 Å². The third kappa shape index (κ3) is 7.93. The van der Waals surface area contributed by atoms with Crippen molar-refractivity contribution in [3.8, 4) is 5.75 Å². The van der Waals surface area contributed by atoms with Gasteiger partial charge in [-0.1, -0.05) is 11.6 Å². The Morgan fingerprint density at radius 1 is 1.16 bits per heavy atom. The zero-order valence-corrected chi connectivity index (χ0v) is 25.7. The Bertz CT molecular complexity index is 1440. The number of hydrogen-bond acceptors (Lipinski definition) is 7. The van der Waals surface area contributed by atoms with Crippen LogP contribution in [0.2, 0.25) is 5.02 Å². The number of hydrogen-bond donors (Lipinski definition) is 2. The second-order valence-electron chi connectivity index (χ2n) is 11.4. The van der Waals surface area contributed by atoms with Gasteiger partial charge in [0.25, 0.3) is 5.91 Å². The fourth-order valence-electron chi connectivity index (χ4n) is 5.95. The van der Waals surface area contributed by atoms with Crippen molar-refractivity contribution in [1.82, 2.24) is 15.1 Å². The maximum absolute atomic E-state index is 13.6. The van der Waals surface area contributed by atoms with Gasteiger partial charge in [-0.2, -0.15) is 0 Å². The Balaban J connectivity index is 1.52. The molecule has 4 rings (SSSR count). The SMILES string of the molecule is CC(C)N(C)C1CCC(N2CCC(NC(=O)c3cc(OC(F)(F)F)ccc3N)C2=O)[C@H](CS(=O)(=O)c2ccc(Cl)cc2)C1. The maximum Gasteiger partial charge on any atom is 0.573 e. The number of nitrogens with zero attached hydrogens (tertiary/aromatic N) is 2. The van der Waals surface area contributed by atoms with Gasteiger partial charge in [0.2, 0.25) is 5.91 Å². The molecule has 3 N–H and O–H groups in total. The van der Waals surface area contributed by atoms with Gasteiger partial charge in [-0.05, 0) is 95.0 Å². The van der Waals surface area contributed by atoms with E-state index in [0.29, 0.717) is 24.4 Å². The summed E-state index contributed by atoms with van der Waals surface area (Å²) >= 11 is 5.96. The monoisotopic (exact) mass is 644 g/mol. The van der Waals surface area contributed by atoms with Crippen molar-refractivity contribution in [2.75, 3.05) is 25.1 Å². The van der Waals surface area contributed by atoms with Crippen molar-refractivity contribution >= 4 is 38.9 Å². The number of alkyl halides is 3. The number of nitrogens with two attached hydrogens (primary N) is 1. The largest absolute Gasteiger partial charge is 0.573 e. The number of benzene rings is 2. The highest BCUT2D eigenvalue weighted by Gasteiger charge is 2.44. The van der Waals surface area contributed by atoms with Crippen LogP contribution in [-0.4, -0.2) is 79.9 Å². The number of anilines is 1. The minimum Gasteiger partial charge on any atom is -0.406 e. The Kier molecular flexibility index (Phi) is 9.87. The van der Waals surface area contributed by atoms with Gasteiger partial charge in [0.1, 0.15) is 11.8 Å². The Hall–Kier alpha value is -3.03. The van der Waals surface area contributed by atoms with Crippen molar-refractivity contribution in [1.29, 1.82) is 0 Å². The highest BCUT2D eigenvalue weighted by atomic mass is 35.5. The topological polar surface area (TPSA) is 122 Å². The summed E-state index contributed by atoms with van der Waals surface area (Å²) in [5.41, 5.74) is 5.51.